The fourth-order valence-electron chi connectivity index (χ4n) is 1.71. The summed E-state index contributed by atoms with van der Waals surface area (Å²) in [4.78, 5) is 0. The van der Waals surface area contributed by atoms with Crippen LogP contribution in [0.5, 0.6) is 5.75 Å². The summed E-state index contributed by atoms with van der Waals surface area (Å²) in [6, 6.07) is 3.45. The Labute approximate surface area is 82.9 Å². The van der Waals surface area contributed by atoms with Crippen molar-refractivity contribution >= 4 is 0 Å². The molecule has 0 spiro atoms. The third-order valence-electron chi connectivity index (χ3n) is 2.75. The molecule has 1 aliphatic rings. The van der Waals surface area contributed by atoms with Crippen LogP contribution in [-0.2, 0) is 0 Å². The lowest BCUT2D eigenvalue weighted by molar-refractivity contribution is 0.407. The molecule has 0 aliphatic heterocycles. The predicted molar refractivity (Wildman–Crippen MR) is 53.0 cm³/mol. The van der Waals surface area contributed by atoms with Gasteiger partial charge in [0.05, 0.1) is 7.11 Å². The zero-order chi connectivity index (χ0) is 10.3. The van der Waals surface area contributed by atoms with Crippen molar-refractivity contribution in [3.05, 3.63) is 29.1 Å². The van der Waals surface area contributed by atoms with Gasteiger partial charge in [-0.2, -0.15) is 0 Å². The molecule has 1 aliphatic carbocycles. The maximum Gasteiger partial charge on any atom is 0.126 e. The fourth-order valence-corrected chi connectivity index (χ4v) is 1.71. The Balaban J connectivity index is 2.42. The van der Waals surface area contributed by atoms with Gasteiger partial charge in [0.1, 0.15) is 11.6 Å². The zero-order valence-electron chi connectivity index (χ0n) is 8.38. The minimum absolute atomic E-state index is 0.172. The summed E-state index contributed by atoms with van der Waals surface area (Å²) in [5, 5.41) is 0. The molecule has 1 fully saturated rings. The highest BCUT2D eigenvalue weighted by molar-refractivity contribution is 5.43. The number of ether oxygens (including phenoxy) is 1. The lowest BCUT2D eigenvalue weighted by Gasteiger charge is -2.09. The molecule has 1 aromatic rings. The zero-order valence-corrected chi connectivity index (χ0v) is 8.38. The first-order valence-electron chi connectivity index (χ1n) is 4.73. The van der Waals surface area contributed by atoms with Crippen LogP contribution in [0.2, 0.25) is 0 Å². The molecule has 1 saturated carbocycles. The number of benzene rings is 1. The molecule has 2 nitrogen and oxygen atoms in total. The molecule has 0 unspecified atom stereocenters. The van der Waals surface area contributed by atoms with Crippen molar-refractivity contribution in [1.29, 1.82) is 0 Å². The maximum absolute atomic E-state index is 13.3. The number of rotatable bonds is 2. The number of hydrogen-bond acceptors (Lipinski definition) is 2. The molecule has 0 heterocycles. The van der Waals surface area contributed by atoms with Crippen molar-refractivity contribution in [2.24, 2.45) is 5.73 Å². The number of methoxy groups -OCH3 is 1. The van der Waals surface area contributed by atoms with Crippen molar-refractivity contribution in [3.8, 4) is 5.75 Å². The molecule has 0 amide bonds. The molecule has 3 heteroatoms. The van der Waals surface area contributed by atoms with E-state index in [9.17, 15) is 4.39 Å². The van der Waals surface area contributed by atoms with Crippen LogP contribution in [0.15, 0.2) is 12.1 Å². The summed E-state index contributed by atoms with van der Waals surface area (Å²) < 4.78 is 18.5. The van der Waals surface area contributed by atoms with Gasteiger partial charge in [0, 0.05) is 17.5 Å². The van der Waals surface area contributed by atoms with Crippen LogP contribution in [0.4, 0.5) is 4.39 Å². The van der Waals surface area contributed by atoms with Crippen molar-refractivity contribution in [1.82, 2.24) is 0 Å². The largest absolute Gasteiger partial charge is 0.496 e. The molecule has 0 radical (unpaired) electrons. The molecule has 14 heavy (non-hydrogen) atoms. The standard InChI is InChI=1S/C11H14FNO/c1-6-3-11(14-2)8(4-9(6)12)7-5-10(7)13/h3-4,7,10H,5,13H2,1-2H3/t7-,10+/m0/s1. The van der Waals surface area contributed by atoms with E-state index in [2.05, 4.69) is 0 Å². The smallest absolute Gasteiger partial charge is 0.126 e. The van der Waals surface area contributed by atoms with Gasteiger partial charge in [0.25, 0.3) is 0 Å². The highest BCUT2D eigenvalue weighted by Crippen LogP contribution is 2.43. The van der Waals surface area contributed by atoms with Crippen LogP contribution in [0.3, 0.4) is 0 Å². The first-order valence-corrected chi connectivity index (χ1v) is 4.73. The normalized spacial score (nSPS) is 24.9. The van der Waals surface area contributed by atoms with Crippen molar-refractivity contribution < 1.29 is 9.13 Å². The van der Waals surface area contributed by atoms with Gasteiger partial charge in [0.15, 0.2) is 0 Å². The molecule has 0 aromatic heterocycles. The Kier molecular flexibility index (Phi) is 2.19. The van der Waals surface area contributed by atoms with Gasteiger partial charge in [-0.05, 0) is 31.0 Å². The quantitative estimate of drug-likeness (QED) is 0.782. The van der Waals surface area contributed by atoms with E-state index in [0.717, 1.165) is 17.7 Å². The molecule has 1 aromatic carbocycles. The summed E-state index contributed by atoms with van der Waals surface area (Å²) >= 11 is 0. The Morgan fingerprint density at radius 2 is 2.14 bits per heavy atom. The van der Waals surface area contributed by atoms with E-state index in [0.29, 0.717) is 5.56 Å². The first-order chi connectivity index (χ1) is 6.63. The highest BCUT2D eigenvalue weighted by atomic mass is 19.1. The lowest BCUT2D eigenvalue weighted by Crippen LogP contribution is -2.03. The monoisotopic (exact) mass is 195 g/mol. The third kappa shape index (κ3) is 1.48. The minimum Gasteiger partial charge on any atom is -0.496 e. The van der Waals surface area contributed by atoms with Gasteiger partial charge in [-0.1, -0.05) is 0 Å². The van der Waals surface area contributed by atoms with Gasteiger partial charge in [-0.15, -0.1) is 0 Å². The van der Waals surface area contributed by atoms with E-state index in [1.807, 2.05) is 0 Å². The van der Waals surface area contributed by atoms with E-state index in [1.165, 1.54) is 0 Å². The van der Waals surface area contributed by atoms with Gasteiger partial charge >= 0.3 is 0 Å². The molecule has 2 rings (SSSR count). The van der Waals surface area contributed by atoms with Crippen LogP contribution < -0.4 is 10.5 Å². The maximum atomic E-state index is 13.3. The topological polar surface area (TPSA) is 35.2 Å². The number of halogens is 1. The Morgan fingerprint density at radius 3 is 2.64 bits per heavy atom. The summed E-state index contributed by atoms with van der Waals surface area (Å²) in [6.45, 7) is 1.73. The molecule has 76 valence electrons. The van der Waals surface area contributed by atoms with E-state index >= 15 is 0 Å². The van der Waals surface area contributed by atoms with Crippen molar-refractivity contribution in [2.75, 3.05) is 7.11 Å². The highest BCUT2D eigenvalue weighted by Gasteiger charge is 2.37. The minimum atomic E-state index is -0.181. The van der Waals surface area contributed by atoms with E-state index in [4.69, 9.17) is 10.5 Å². The second kappa shape index (κ2) is 3.24. The Bertz CT molecular complexity index is 365. The third-order valence-corrected chi connectivity index (χ3v) is 2.75. The van der Waals surface area contributed by atoms with Gasteiger partial charge in [-0.25, -0.2) is 4.39 Å². The Hall–Kier alpha value is -1.09. The van der Waals surface area contributed by atoms with Crippen LogP contribution in [0.1, 0.15) is 23.5 Å². The molecule has 0 bridgehead atoms. The van der Waals surface area contributed by atoms with Gasteiger partial charge in [-0.3, -0.25) is 0 Å². The van der Waals surface area contributed by atoms with Gasteiger partial charge < -0.3 is 10.5 Å². The van der Waals surface area contributed by atoms with Crippen LogP contribution in [0, 0.1) is 12.7 Å². The number of nitrogens with two attached hydrogens (primary N) is 1. The van der Waals surface area contributed by atoms with Gasteiger partial charge in [0.2, 0.25) is 0 Å². The van der Waals surface area contributed by atoms with Crippen LogP contribution in [0.25, 0.3) is 0 Å². The van der Waals surface area contributed by atoms with Crippen molar-refractivity contribution in [2.45, 2.75) is 25.3 Å². The summed E-state index contributed by atoms with van der Waals surface area (Å²) in [5.41, 5.74) is 7.25. The second-order valence-electron chi connectivity index (χ2n) is 3.85. The number of hydrogen-bond donors (Lipinski definition) is 1. The Morgan fingerprint density at radius 1 is 1.50 bits per heavy atom. The second-order valence-corrected chi connectivity index (χ2v) is 3.85. The average molecular weight is 195 g/mol. The van der Waals surface area contributed by atoms with E-state index in [-0.39, 0.29) is 17.8 Å². The predicted octanol–water partition coefficient (Wildman–Crippen LogP) is 1.96. The molecular weight excluding hydrogens is 181 g/mol. The molecular formula is C11H14FNO. The SMILES string of the molecule is COc1cc(C)c(F)cc1[C@@H]1C[C@H]1N. The molecule has 2 N–H and O–H groups in total. The van der Waals surface area contributed by atoms with Crippen LogP contribution in [-0.4, -0.2) is 13.2 Å². The van der Waals surface area contributed by atoms with E-state index < -0.39 is 0 Å². The van der Waals surface area contributed by atoms with E-state index in [1.54, 1.807) is 26.2 Å². The average Bonchev–Trinajstić information content (AvgIpc) is 2.87. The fraction of sp³-hybridized carbons (Fsp3) is 0.455. The molecule has 0 saturated heterocycles. The summed E-state index contributed by atoms with van der Waals surface area (Å²) in [6.07, 6.45) is 0.929. The lowest BCUT2D eigenvalue weighted by atomic mass is 10.1. The van der Waals surface area contributed by atoms with Crippen LogP contribution >= 0.6 is 0 Å². The summed E-state index contributed by atoms with van der Waals surface area (Å²) in [7, 11) is 1.60. The summed E-state index contributed by atoms with van der Waals surface area (Å²) in [5.74, 6) is 0.849. The first kappa shape index (κ1) is 9.46. The number of aryl methyl sites for hydroxylation is 1. The van der Waals surface area contributed by atoms with Crippen molar-refractivity contribution in [3.63, 3.8) is 0 Å². The molecule has 2 atom stereocenters.